The smallest absolute Gasteiger partial charge is 0.328 e. The number of aryl methyl sites for hydroxylation is 1. The molecule has 4 rings (SSSR count). The Balaban J connectivity index is 0.000000259. The number of nitrogens with zero attached hydrogens (tertiary/aromatic N) is 4. The van der Waals surface area contributed by atoms with Gasteiger partial charge in [0.25, 0.3) is 0 Å². The van der Waals surface area contributed by atoms with Gasteiger partial charge in [-0.2, -0.15) is 15.3 Å². The van der Waals surface area contributed by atoms with E-state index in [0.29, 0.717) is 31.5 Å². The summed E-state index contributed by atoms with van der Waals surface area (Å²) in [5.74, 6) is -1.48. The van der Waals surface area contributed by atoms with Crippen LogP contribution in [0, 0.1) is 6.92 Å². The average Bonchev–Trinajstić information content (AvgIpc) is 3.05. The summed E-state index contributed by atoms with van der Waals surface area (Å²) in [6.45, 7) is 5.81. The van der Waals surface area contributed by atoms with E-state index in [1.165, 1.54) is 6.07 Å². The van der Waals surface area contributed by atoms with Crippen LogP contribution < -0.4 is 5.32 Å². The molecule has 0 bridgehead atoms. The zero-order valence-electron chi connectivity index (χ0n) is 25.4. The van der Waals surface area contributed by atoms with Gasteiger partial charge in [0.1, 0.15) is 17.2 Å². The highest BCUT2D eigenvalue weighted by Crippen LogP contribution is 2.30. The molecule has 0 unspecified atom stereocenters. The van der Waals surface area contributed by atoms with Crippen LogP contribution in [0.5, 0.6) is 5.75 Å². The largest absolute Gasteiger partial charge is 0.506 e. The van der Waals surface area contributed by atoms with Gasteiger partial charge in [-0.1, -0.05) is 60.7 Å². The summed E-state index contributed by atoms with van der Waals surface area (Å²) in [7, 11) is 0. The van der Waals surface area contributed by atoms with E-state index in [0.717, 1.165) is 45.9 Å². The molecule has 4 aromatic rings. The molecule has 0 aliphatic rings. The number of hydrogen-bond donors (Lipinski definition) is 3. The number of ketones is 1. The highest BCUT2D eigenvalue weighted by atomic mass is 16.4. The molecular weight excluding hydrogens is 582 g/mol. The van der Waals surface area contributed by atoms with Crippen molar-refractivity contribution in [1.29, 1.82) is 0 Å². The zero-order chi connectivity index (χ0) is 33.1. The number of amides is 1. The second-order valence-corrected chi connectivity index (χ2v) is 9.93. The van der Waals surface area contributed by atoms with Crippen molar-refractivity contribution in [3.05, 3.63) is 139 Å². The topological polar surface area (TPSA) is 153 Å². The summed E-state index contributed by atoms with van der Waals surface area (Å²) in [6, 6.07) is 29.6. The SMILES string of the molecule is C=CCC(=O)Cc1ccc(N=Nc2ccccc2)cc1.Cc1ccccc1N=Nc1cc(CCNC(=O)C=CC(=O)O)ccc1O. The molecule has 0 saturated carbocycles. The lowest BCUT2D eigenvalue weighted by Gasteiger charge is -2.05. The van der Waals surface area contributed by atoms with Crippen LogP contribution in [0.15, 0.2) is 142 Å². The molecule has 1 amide bonds. The number of rotatable bonds is 13. The van der Waals surface area contributed by atoms with E-state index in [1.807, 2.05) is 85.8 Å². The van der Waals surface area contributed by atoms with Gasteiger partial charge < -0.3 is 15.5 Å². The fraction of sp³-hybridized carbons (Fsp3) is 0.139. The first-order valence-corrected chi connectivity index (χ1v) is 14.4. The minimum Gasteiger partial charge on any atom is -0.506 e. The monoisotopic (exact) mass is 617 g/mol. The lowest BCUT2D eigenvalue weighted by Crippen LogP contribution is -2.23. The second-order valence-electron chi connectivity index (χ2n) is 9.93. The number of allylic oxidation sites excluding steroid dienone is 1. The number of hydrogen-bond acceptors (Lipinski definition) is 8. The molecule has 10 heteroatoms. The van der Waals surface area contributed by atoms with Gasteiger partial charge in [-0.05, 0) is 72.5 Å². The third-order valence-corrected chi connectivity index (χ3v) is 6.26. The first kappa shape index (κ1) is 34.5. The quantitative estimate of drug-likeness (QED) is 0.0784. The minimum absolute atomic E-state index is 0.0134. The molecule has 3 N–H and O–H groups in total. The maximum atomic E-state index is 11.5. The molecule has 0 fully saturated rings. The maximum absolute atomic E-state index is 11.5. The standard InChI is InChI=1S/C19H19N3O4.C17H16N2O/c1-13-4-2-3-5-15(13)21-22-16-12-14(6-7-17(16)23)10-11-20-18(24)8-9-19(25)26;1-2-6-17(20)13-14-9-11-16(12-10-14)19-18-15-7-4-3-5-8-15/h2-9,12,23H,10-11H2,1H3,(H,20,24)(H,25,26);2-5,7-12H,1,6,13H2. The molecule has 0 spiro atoms. The Kier molecular flexibility index (Phi) is 13.9. The molecule has 0 radical (unpaired) electrons. The summed E-state index contributed by atoms with van der Waals surface area (Å²) in [5, 5.41) is 37.5. The number of nitrogens with one attached hydrogen (secondary N) is 1. The Morgan fingerprint density at radius 3 is 2.07 bits per heavy atom. The third kappa shape index (κ3) is 12.7. The van der Waals surface area contributed by atoms with Gasteiger partial charge in [0.2, 0.25) is 5.91 Å². The number of aliphatic carboxylic acids is 1. The van der Waals surface area contributed by atoms with Crippen LogP contribution in [0.2, 0.25) is 0 Å². The molecule has 0 heterocycles. The number of carboxylic acid groups (broad SMARTS) is 1. The predicted molar refractivity (Wildman–Crippen MR) is 178 cm³/mol. The number of Topliss-reactive ketones (excluding diaryl/α,β-unsaturated/α-hetero) is 1. The van der Waals surface area contributed by atoms with Crippen molar-refractivity contribution >= 4 is 40.4 Å². The molecule has 0 aliphatic heterocycles. The van der Waals surface area contributed by atoms with Crippen molar-refractivity contribution in [3.63, 3.8) is 0 Å². The van der Waals surface area contributed by atoms with E-state index >= 15 is 0 Å². The fourth-order valence-corrected chi connectivity index (χ4v) is 3.88. The summed E-state index contributed by atoms with van der Waals surface area (Å²) in [5.41, 5.74) is 5.45. The molecule has 0 aromatic heterocycles. The van der Waals surface area contributed by atoms with Gasteiger partial charge in [0.15, 0.2) is 0 Å². The molecule has 0 aliphatic carbocycles. The van der Waals surface area contributed by atoms with E-state index in [4.69, 9.17) is 5.11 Å². The van der Waals surface area contributed by atoms with Crippen LogP contribution in [0.25, 0.3) is 0 Å². The lowest BCUT2D eigenvalue weighted by atomic mass is 10.1. The normalized spacial score (nSPS) is 10.9. The van der Waals surface area contributed by atoms with Crippen LogP contribution >= 0.6 is 0 Å². The van der Waals surface area contributed by atoms with Crippen LogP contribution in [0.4, 0.5) is 22.7 Å². The highest BCUT2D eigenvalue weighted by molar-refractivity contribution is 5.93. The number of carboxylic acids is 1. The Hall–Kier alpha value is -6.03. The first-order valence-electron chi connectivity index (χ1n) is 14.4. The number of aromatic hydroxyl groups is 1. The number of azo groups is 2. The lowest BCUT2D eigenvalue weighted by molar-refractivity contribution is -0.131. The molecule has 234 valence electrons. The molecule has 4 aromatic carbocycles. The highest BCUT2D eigenvalue weighted by Gasteiger charge is 2.05. The minimum atomic E-state index is -1.18. The number of phenolic OH excluding ortho intramolecular Hbond substituents is 1. The van der Waals surface area contributed by atoms with Gasteiger partial charge in [0.05, 0.1) is 17.1 Å². The van der Waals surface area contributed by atoms with Crippen LogP contribution in [0.1, 0.15) is 23.1 Å². The van der Waals surface area contributed by atoms with Crippen molar-refractivity contribution < 1.29 is 24.6 Å². The molecule has 0 atom stereocenters. The zero-order valence-corrected chi connectivity index (χ0v) is 25.4. The number of carbonyl (C=O) groups is 3. The van der Waals surface area contributed by atoms with Crippen LogP contribution in [0.3, 0.4) is 0 Å². The second kappa shape index (κ2) is 18.6. The Morgan fingerprint density at radius 1 is 0.761 bits per heavy atom. The molecule has 0 saturated heterocycles. The summed E-state index contributed by atoms with van der Waals surface area (Å²) in [4.78, 5) is 33.3. The van der Waals surface area contributed by atoms with Gasteiger partial charge in [-0.15, -0.1) is 11.7 Å². The number of phenols is 1. The van der Waals surface area contributed by atoms with Gasteiger partial charge in [0, 0.05) is 31.5 Å². The van der Waals surface area contributed by atoms with Crippen molar-refractivity contribution in [1.82, 2.24) is 5.32 Å². The van der Waals surface area contributed by atoms with Gasteiger partial charge in [-0.25, -0.2) is 4.79 Å². The van der Waals surface area contributed by atoms with Crippen LogP contribution in [-0.4, -0.2) is 34.4 Å². The summed E-state index contributed by atoms with van der Waals surface area (Å²) >= 11 is 0. The third-order valence-electron chi connectivity index (χ3n) is 6.26. The summed E-state index contributed by atoms with van der Waals surface area (Å²) in [6.07, 6.45) is 4.71. The maximum Gasteiger partial charge on any atom is 0.328 e. The van der Waals surface area contributed by atoms with Gasteiger partial charge >= 0.3 is 5.97 Å². The summed E-state index contributed by atoms with van der Waals surface area (Å²) < 4.78 is 0. The Morgan fingerprint density at radius 2 is 1.39 bits per heavy atom. The average molecular weight is 618 g/mol. The Bertz CT molecular complexity index is 1710. The van der Waals surface area contributed by atoms with E-state index in [1.54, 1.807) is 18.2 Å². The number of carbonyl (C=O) groups excluding carboxylic acids is 2. The van der Waals surface area contributed by atoms with E-state index < -0.39 is 11.9 Å². The van der Waals surface area contributed by atoms with Crippen LogP contribution in [-0.2, 0) is 27.2 Å². The van der Waals surface area contributed by atoms with Crippen molar-refractivity contribution in [2.45, 2.75) is 26.2 Å². The molecule has 10 nitrogen and oxygen atoms in total. The van der Waals surface area contributed by atoms with E-state index in [2.05, 4.69) is 32.4 Å². The predicted octanol–water partition coefficient (Wildman–Crippen LogP) is 8.21. The van der Waals surface area contributed by atoms with Crippen molar-refractivity contribution in [3.8, 4) is 5.75 Å². The fourth-order valence-electron chi connectivity index (χ4n) is 3.88. The van der Waals surface area contributed by atoms with Crippen molar-refractivity contribution in [2.24, 2.45) is 20.5 Å². The molecule has 46 heavy (non-hydrogen) atoms. The van der Waals surface area contributed by atoms with E-state index in [9.17, 15) is 19.5 Å². The van der Waals surface area contributed by atoms with Crippen molar-refractivity contribution in [2.75, 3.05) is 6.54 Å². The van der Waals surface area contributed by atoms with Gasteiger partial charge in [-0.3, -0.25) is 9.59 Å². The molecular formula is C36H35N5O5. The Labute approximate surface area is 267 Å². The van der Waals surface area contributed by atoms with E-state index in [-0.39, 0.29) is 11.5 Å². The number of benzene rings is 4. The first-order chi connectivity index (χ1) is 22.2.